The number of aromatic nitrogens is 2. The lowest BCUT2D eigenvalue weighted by Gasteiger charge is -2.41. The third-order valence-corrected chi connectivity index (χ3v) is 12.0. The molecule has 4 heteroatoms. The van der Waals surface area contributed by atoms with Crippen molar-refractivity contribution in [3.8, 4) is 11.4 Å². The zero-order valence-corrected chi connectivity index (χ0v) is 32.0. The van der Waals surface area contributed by atoms with Gasteiger partial charge in [0.2, 0.25) is 0 Å². The second-order valence-electron chi connectivity index (χ2n) is 15.3. The molecule has 0 saturated carbocycles. The fourth-order valence-electron chi connectivity index (χ4n) is 9.01. The third kappa shape index (κ3) is 4.72. The molecule has 1 aliphatic rings. The summed E-state index contributed by atoms with van der Waals surface area (Å²) in [7, 11) is 0. The van der Waals surface area contributed by atoms with Gasteiger partial charge in [0.1, 0.15) is 0 Å². The van der Waals surface area contributed by atoms with Gasteiger partial charge in [-0.25, -0.2) is 0 Å². The summed E-state index contributed by atoms with van der Waals surface area (Å²) in [4.78, 5) is 4.92. The molecule has 0 fully saturated rings. The molecular weight excluding hydrogens is 681 g/mol. The van der Waals surface area contributed by atoms with Gasteiger partial charge in [-0.3, -0.25) is 0 Å². The molecule has 0 unspecified atom stereocenters. The molecule has 0 bridgehead atoms. The highest BCUT2D eigenvalue weighted by Crippen LogP contribution is 2.55. The number of para-hydroxylation sites is 4. The van der Waals surface area contributed by atoms with E-state index < -0.39 is 0 Å². The minimum atomic E-state index is 1.13. The van der Waals surface area contributed by atoms with Crippen LogP contribution < -0.4 is 9.80 Å². The topological polar surface area (TPSA) is 16.3 Å². The van der Waals surface area contributed by atoms with Crippen molar-refractivity contribution in [1.29, 1.82) is 0 Å². The van der Waals surface area contributed by atoms with E-state index in [1.54, 1.807) is 0 Å². The Balaban J connectivity index is 1.06. The number of hydrogen-bond acceptors (Lipinski definition) is 2. The Morgan fingerprint density at radius 1 is 0.268 bits per heavy atom. The predicted octanol–water partition coefficient (Wildman–Crippen LogP) is 14.4. The number of benzene rings is 8. The van der Waals surface area contributed by atoms with Crippen LogP contribution in [0.4, 0.5) is 34.1 Å². The van der Waals surface area contributed by atoms with Gasteiger partial charge in [0.05, 0.1) is 44.8 Å². The molecule has 56 heavy (non-hydrogen) atoms. The maximum absolute atomic E-state index is 2.46. The molecule has 11 rings (SSSR count). The first kappa shape index (κ1) is 32.4. The zero-order valence-electron chi connectivity index (χ0n) is 32.0. The van der Waals surface area contributed by atoms with Crippen LogP contribution in [0.25, 0.3) is 55.0 Å². The van der Waals surface area contributed by atoms with Crippen LogP contribution in [0.2, 0.25) is 0 Å². The van der Waals surface area contributed by atoms with E-state index in [1.807, 2.05) is 0 Å². The molecule has 0 radical (unpaired) electrons. The summed E-state index contributed by atoms with van der Waals surface area (Å²) in [5, 5.41) is 5.08. The third-order valence-electron chi connectivity index (χ3n) is 12.0. The Labute approximate surface area is 326 Å². The smallest absolute Gasteiger partial charge is 0.0706 e. The van der Waals surface area contributed by atoms with Crippen LogP contribution in [0.5, 0.6) is 0 Å². The molecule has 1 aliphatic heterocycles. The SMILES string of the molecule is Cc1cc2c(cc1C)N(c1ccc(-n3c4ccccc4c4ccccc43)cc1)c1cc(C)c(C)cc1N2c1ccc(-n2c3ccccc3c3ccccc32)cc1. The summed E-state index contributed by atoms with van der Waals surface area (Å²) in [6, 6.07) is 62.5. The molecule has 0 saturated heterocycles. The van der Waals surface area contributed by atoms with Crippen LogP contribution in [-0.4, -0.2) is 9.13 Å². The molecule has 8 aromatic carbocycles. The van der Waals surface area contributed by atoms with Gasteiger partial charge in [0, 0.05) is 44.3 Å². The molecule has 3 heterocycles. The highest BCUT2D eigenvalue weighted by Gasteiger charge is 2.32. The second kappa shape index (κ2) is 12.2. The highest BCUT2D eigenvalue weighted by molar-refractivity contribution is 6.10. The summed E-state index contributed by atoms with van der Waals surface area (Å²) in [5.41, 5.74) is 19.2. The Morgan fingerprint density at radius 3 is 0.768 bits per heavy atom. The minimum absolute atomic E-state index is 1.13. The van der Waals surface area contributed by atoms with Crippen LogP contribution >= 0.6 is 0 Å². The number of aryl methyl sites for hydroxylation is 4. The first-order valence-corrected chi connectivity index (χ1v) is 19.4. The van der Waals surface area contributed by atoms with E-state index in [2.05, 4.69) is 216 Å². The maximum Gasteiger partial charge on any atom is 0.0706 e. The quantitative estimate of drug-likeness (QED) is 0.180. The summed E-state index contributed by atoms with van der Waals surface area (Å²) < 4.78 is 4.77. The summed E-state index contributed by atoms with van der Waals surface area (Å²) in [6.07, 6.45) is 0. The van der Waals surface area contributed by atoms with E-state index >= 15 is 0 Å². The summed E-state index contributed by atoms with van der Waals surface area (Å²) in [6.45, 7) is 8.89. The van der Waals surface area contributed by atoms with Crippen molar-refractivity contribution in [1.82, 2.24) is 9.13 Å². The zero-order chi connectivity index (χ0) is 37.7. The maximum atomic E-state index is 2.46. The van der Waals surface area contributed by atoms with Crippen LogP contribution in [0.1, 0.15) is 22.3 Å². The van der Waals surface area contributed by atoms with Crippen LogP contribution in [0, 0.1) is 27.7 Å². The number of anilines is 6. The Morgan fingerprint density at radius 2 is 0.500 bits per heavy atom. The first-order valence-electron chi connectivity index (χ1n) is 19.4. The van der Waals surface area contributed by atoms with E-state index in [4.69, 9.17) is 0 Å². The van der Waals surface area contributed by atoms with E-state index in [-0.39, 0.29) is 0 Å². The normalized spacial score (nSPS) is 12.6. The molecular formula is C52H40N4. The minimum Gasteiger partial charge on any atom is -0.309 e. The Hall–Kier alpha value is -7.04. The van der Waals surface area contributed by atoms with Crippen LogP contribution in [-0.2, 0) is 0 Å². The van der Waals surface area contributed by atoms with Gasteiger partial charge in [0.15, 0.2) is 0 Å². The van der Waals surface area contributed by atoms with Gasteiger partial charge in [-0.05, 0) is 147 Å². The molecule has 0 spiro atoms. The van der Waals surface area contributed by atoms with E-state index in [0.717, 1.165) is 22.7 Å². The van der Waals surface area contributed by atoms with Crippen molar-refractivity contribution in [2.24, 2.45) is 0 Å². The molecule has 4 nitrogen and oxygen atoms in total. The van der Waals surface area contributed by atoms with Gasteiger partial charge in [-0.2, -0.15) is 0 Å². The summed E-state index contributed by atoms with van der Waals surface area (Å²) in [5.74, 6) is 0. The molecule has 2 aromatic heterocycles. The fraction of sp³-hybridized carbons (Fsp3) is 0.0769. The van der Waals surface area contributed by atoms with Crippen LogP contribution in [0.15, 0.2) is 170 Å². The van der Waals surface area contributed by atoms with Crippen molar-refractivity contribution in [2.75, 3.05) is 9.80 Å². The average Bonchev–Trinajstić information content (AvgIpc) is 3.75. The van der Waals surface area contributed by atoms with Crippen molar-refractivity contribution in [3.05, 3.63) is 192 Å². The lowest BCUT2D eigenvalue weighted by Crippen LogP contribution is -2.25. The lowest BCUT2D eigenvalue weighted by molar-refractivity contribution is 1.13. The van der Waals surface area contributed by atoms with Crippen molar-refractivity contribution in [2.45, 2.75) is 27.7 Å². The second-order valence-corrected chi connectivity index (χ2v) is 15.3. The van der Waals surface area contributed by atoms with E-state index in [1.165, 1.54) is 88.6 Å². The van der Waals surface area contributed by atoms with Gasteiger partial charge in [0.25, 0.3) is 0 Å². The number of nitrogens with zero attached hydrogens (tertiary/aromatic N) is 4. The largest absolute Gasteiger partial charge is 0.309 e. The fourth-order valence-corrected chi connectivity index (χ4v) is 9.01. The molecule has 0 N–H and O–H groups in total. The molecule has 0 amide bonds. The van der Waals surface area contributed by atoms with Crippen molar-refractivity contribution < 1.29 is 0 Å². The number of hydrogen-bond donors (Lipinski definition) is 0. The Bertz CT molecular complexity index is 2800. The number of rotatable bonds is 4. The van der Waals surface area contributed by atoms with Crippen molar-refractivity contribution in [3.63, 3.8) is 0 Å². The molecule has 0 aliphatic carbocycles. The van der Waals surface area contributed by atoms with E-state index in [9.17, 15) is 0 Å². The van der Waals surface area contributed by atoms with Crippen LogP contribution in [0.3, 0.4) is 0 Å². The van der Waals surface area contributed by atoms with Gasteiger partial charge in [-0.1, -0.05) is 72.8 Å². The molecule has 0 atom stereocenters. The number of fused-ring (bicyclic) bond motifs is 8. The van der Waals surface area contributed by atoms with Gasteiger partial charge in [-0.15, -0.1) is 0 Å². The standard InChI is InChI=1S/C52H40N4/c1-33-29-49-50(30-34(33)2)56(40-27-23-38(24-28-40)54-47-19-11-7-15-43(47)44-16-8-12-20-48(44)54)52-32-36(4)35(3)31-51(52)55(49)39-25-21-37(22-26-39)53-45-17-9-5-13-41(45)42-14-6-10-18-46(42)53/h5-32H,1-4H3. The molecule has 10 aromatic rings. The Kier molecular flexibility index (Phi) is 7.08. The highest BCUT2D eigenvalue weighted by atomic mass is 15.3. The molecule has 268 valence electrons. The predicted molar refractivity (Wildman–Crippen MR) is 237 cm³/mol. The lowest BCUT2D eigenvalue weighted by atomic mass is 9.97. The first-order chi connectivity index (χ1) is 27.4. The average molecular weight is 721 g/mol. The van der Waals surface area contributed by atoms with Crippen molar-refractivity contribution >= 4 is 77.7 Å². The van der Waals surface area contributed by atoms with Gasteiger partial charge < -0.3 is 18.9 Å². The summed E-state index contributed by atoms with van der Waals surface area (Å²) >= 11 is 0. The van der Waals surface area contributed by atoms with E-state index in [0.29, 0.717) is 0 Å². The van der Waals surface area contributed by atoms with Gasteiger partial charge >= 0.3 is 0 Å². The monoisotopic (exact) mass is 720 g/mol.